The quantitative estimate of drug-likeness (QED) is 0.893. The molecule has 5 nitrogen and oxygen atoms in total. The first-order valence-electron chi connectivity index (χ1n) is 9.15. The molecule has 1 saturated heterocycles. The number of amides is 1. The maximum absolute atomic E-state index is 12.7. The molecule has 4 aliphatic rings. The maximum Gasteiger partial charge on any atom is 0.435 e. The average molecular weight is 376 g/mol. The first-order valence-corrected chi connectivity index (χ1v) is 9.15. The van der Waals surface area contributed by atoms with Gasteiger partial charge in [-0.15, -0.1) is 0 Å². The molecule has 1 aliphatic heterocycles. The lowest BCUT2D eigenvalue weighted by Crippen LogP contribution is -2.78. The number of piperidine rings is 1. The highest BCUT2D eigenvalue weighted by molar-refractivity contribution is 5.80. The van der Waals surface area contributed by atoms with Gasteiger partial charge in [0.05, 0.1) is 0 Å². The first kappa shape index (κ1) is 16.8. The molecule has 1 N–H and O–H groups in total. The number of halogens is 3. The number of aromatic amines is 1. The predicted molar refractivity (Wildman–Crippen MR) is 89.8 cm³/mol. The molecule has 3 heterocycles. The van der Waals surface area contributed by atoms with Crippen LogP contribution in [-0.2, 0) is 16.4 Å². The van der Waals surface area contributed by atoms with Crippen LogP contribution in [0.1, 0.15) is 55.0 Å². The minimum Gasteiger partial charge on any atom is -0.337 e. The summed E-state index contributed by atoms with van der Waals surface area (Å²) in [6.45, 7) is 0.594. The van der Waals surface area contributed by atoms with E-state index in [-0.39, 0.29) is 29.2 Å². The van der Waals surface area contributed by atoms with Crippen molar-refractivity contribution in [1.29, 1.82) is 0 Å². The van der Waals surface area contributed by atoms with E-state index in [1.54, 1.807) is 12.4 Å². The Hall–Kier alpha value is -2.38. The number of hydrogen-bond acceptors (Lipinski definition) is 3. The van der Waals surface area contributed by atoms with E-state index in [0.717, 1.165) is 25.3 Å². The van der Waals surface area contributed by atoms with E-state index < -0.39 is 11.9 Å². The normalized spacial score (nSPS) is 32.8. The molecule has 2 bridgehead atoms. The Morgan fingerprint density at radius 2 is 1.89 bits per heavy atom. The molecule has 3 saturated carbocycles. The molecule has 4 fully saturated rings. The lowest BCUT2D eigenvalue weighted by Gasteiger charge is -2.74. The largest absolute Gasteiger partial charge is 0.435 e. The van der Waals surface area contributed by atoms with Crippen LogP contribution in [0.25, 0.3) is 0 Å². The van der Waals surface area contributed by atoms with Gasteiger partial charge < -0.3 is 4.90 Å². The zero-order valence-electron chi connectivity index (χ0n) is 14.6. The summed E-state index contributed by atoms with van der Waals surface area (Å²) >= 11 is 0. The van der Waals surface area contributed by atoms with Crippen molar-refractivity contribution in [3.05, 3.63) is 47.5 Å². The van der Waals surface area contributed by atoms with Crippen LogP contribution in [0.2, 0.25) is 0 Å². The smallest absolute Gasteiger partial charge is 0.337 e. The fourth-order valence-corrected chi connectivity index (χ4v) is 5.32. The number of likely N-dealkylation sites (tertiary alicyclic amines) is 1. The number of H-pyrrole nitrogens is 1. The number of alkyl halides is 3. The van der Waals surface area contributed by atoms with Gasteiger partial charge in [-0.05, 0) is 49.4 Å². The summed E-state index contributed by atoms with van der Waals surface area (Å²) < 4.78 is 38.2. The van der Waals surface area contributed by atoms with Crippen LogP contribution in [0.5, 0.6) is 0 Å². The fourth-order valence-electron chi connectivity index (χ4n) is 5.32. The fraction of sp³-hybridized carbons (Fsp3) is 0.526. The molecule has 0 aromatic carbocycles. The number of pyridine rings is 1. The van der Waals surface area contributed by atoms with Crippen LogP contribution in [0.3, 0.4) is 0 Å². The predicted octanol–water partition coefficient (Wildman–Crippen LogP) is 3.40. The van der Waals surface area contributed by atoms with Crippen molar-refractivity contribution in [2.45, 2.75) is 55.2 Å². The van der Waals surface area contributed by atoms with Crippen molar-refractivity contribution in [3.63, 3.8) is 0 Å². The molecule has 1 amide bonds. The number of aromatic nitrogens is 3. The second-order valence-corrected chi connectivity index (χ2v) is 8.21. The second-order valence-electron chi connectivity index (χ2n) is 8.21. The summed E-state index contributed by atoms with van der Waals surface area (Å²) in [5.41, 5.74) is 0.910. The summed E-state index contributed by atoms with van der Waals surface area (Å²) in [6.07, 6.45) is 2.97. The highest BCUT2D eigenvalue weighted by atomic mass is 19.4. The van der Waals surface area contributed by atoms with Gasteiger partial charge in [-0.1, -0.05) is 0 Å². The number of rotatable bonds is 3. The summed E-state index contributed by atoms with van der Waals surface area (Å²) in [4.78, 5) is 18.8. The zero-order valence-corrected chi connectivity index (χ0v) is 14.6. The van der Waals surface area contributed by atoms with Crippen molar-refractivity contribution in [3.8, 4) is 0 Å². The van der Waals surface area contributed by atoms with Crippen LogP contribution in [-0.4, -0.2) is 38.1 Å². The molecule has 1 atom stereocenters. The third-order valence-electron chi connectivity index (χ3n) is 6.62. The molecule has 2 aromatic rings. The minimum atomic E-state index is -4.47. The van der Waals surface area contributed by atoms with Crippen molar-refractivity contribution >= 4 is 5.91 Å². The molecular weight excluding hydrogens is 357 g/mol. The summed E-state index contributed by atoms with van der Waals surface area (Å²) in [6, 6.07) is 5.13. The number of nitrogens with zero attached hydrogens (tertiary/aromatic N) is 3. The Balaban J connectivity index is 1.25. The van der Waals surface area contributed by atoms with Gasteiger partial charge in [-0.2, -0.15) is 18.3 Å². The molecule has 2 aromatic heterocycles. The van der Waals surface area contributed by atoms with Gasteiger partial charge in [0.25, 0.3) is 0 Å². The lowest BCUT2D eigenvalue weighted by atomic mass is 9.37. The molecule has 27 heavy (non-hydrogen) atoms. The number of hydrogen-bond donors (Lipinski definition) is 1. The van der Waals surface area contributed by atoms with E-state index in [9.17, 15) is 18.0 Å². The number of carbonyl (C=O) groups excluding carboxylic acids is 1. The second kappa shape index (κ2) is 5.33. The molecule has 6 rings (SSSR count). The van der Waals surface area contributed by atoms with E-state index in [0.29, 0.717) is 18.7 Å². The third-order valence-corrected chi connectivity index (χ3v) is 6.62. The average Bonchev–Trinajstić information content (AvgIpc) is 3.05. The summed E-state index contributed by atoms with van der Waals surface area (Å²) in [5, 5.41) is 5.83. The van der Waals surface area contributed by atoms with Crippen molar-refractivity contribution in [2.75, 3.05) is 6.54 Å². The SMILES string of the molecule is O=C1CC(c2cc(C(F)(F)F)n[nH]2)CCN1C12CC(c3ccncc3)(C1)C2. The van der Waals surface area contributed by atoms with E-state index in [1.165, 1.54) is 5.56 Å². The van der Waals surface area contributed by atoms with Crippen molar-refractivity contribution in [2.24, 2.45) is 0 Å². The Kier molecular flexibility index (Phi) is 3.31. The van der Waals surface area contributed by atoms with E-state index in [1.807, 2.05) is 17.0 Å². The Morgan fingerprint density at radius 1 is 1.19 bits per heavy atom. The Morgan fingerprint density at radius 3 is 2.48 bits per heavy atom. The highest BCUT2D eigenvalue weighted by Gasteiger charge is 2.71. The van der Waals surface area contributed by atoms with Crippen LogP contribution in [0, 0.1) is 0 Å². The van der Waals surface area contributed by atoms with Gasteiger partial charge in [-0.25, -0.2) is 0 Å². The molecule has 142 valence electrons. The zero-order chi connectivity index (χ0) is 18.9. The monoisotopic (exact) mass is 376 g/mol. The maximum atomic E-state index is 12.7. The van der Waals surface area contributed by atoms with Gasteiger partial charge in [0.15, 0.2) is 5.69 Å². The van der Waals surface area contributed by atoms with Crippen LogP contribution in [0.4, 0.5) is 13.2 Å². The molecule has 8 heteroatoms. The summed E-state index contributed by atoms with van der Waals surface area (Å²) in [7, 11) is 0. The third kappa shape index (κ3) is 2.41. The van der Waals surface area contributed by atoms with E-state index in [4.69, 9.17) is 0 Å². The molecule has 0 spiro atoms. The number of carbonyl (C=O) groups is 1. The van der Waals surface area contributed by atoms with Gasteiger partial charge >= 0.3 is 6.18 Å². The van der Waals surface area contributed by atoms with Crippen molar-refractivity contribution in [1.82, 2.24) is 20.1 Å². The van der Waals surface area contributed by atoms with Crippen LogP contribution in [0.15, 0.2) is 30.6 Å². The minimum absolute atomic E-state index is 0.0393. The topological polar surface area (TPSA) is 61.9 Å². The van der Waals surface area contributed by atoms with Gasteiger partial charge in [-0.3, -0.25) is 14.9 Å². The first-order chi connectivity index (χ1) is 12.8. The molecular formula is C19H19F3N4O. The molecule has 1 unspecified atom stereocenters. The van der Waals surface area contributed by atoms with E-state index >= 15 is 0 Å². The van der Waals surface area contributed by atoms with Gasteiger partial charge in [0.1, 0.15) is 0 Å². The Bertz CT molecular complexity index is 872. The number of nitrogens with one attached hydrogen (secondary N) is 1. The molecule has 3 aliphatic carbocycles. The Labute approximate surface area is 154 Å². The lowest BCUT2D eigenvalue weighted by molar-refractivity contribution is -0.189. The standard InChI is InChI=1S/C19H19F3N4O/c20-19(21,22)15-8-14(24-25-15)12-3-6-26(16(27)7-12)18-9-17(10-18,11-18)13-1-4-23-5-2-13/h1-2,4-5,8,12H,3,6-7,9-11H2,(H,24,25). The van der Waals surface area contributed by atoms with Crippen LogP contribution < -0.4 is 0 Å². The van der Waals surface area contributed by atoms with Gasteiger partial charge in [0, 0.05) is 47.9 Å². The summed E-state index contributed by atoms with van der Waals surface area (Å²) in [5.74, 6) is -0.184. The van der Waals surface area contributed by atoms with Gasteiger partial charge in [0.2, 0.25) is 5.91 Å². The highest BCUT2D eigenvalue weighted by Crippen LogP contribution is 2.70. The van der Waals surface area contributed by atoms with Crippen LogP contribution >= 0.6 is 0 Å². The van der Waals surface area contributed by atoms with Crippen molar-refractivity contribution < 1.29 is 18.0 Å². The van der Waals surface area contributed by atoms with E-state index in [2.05, 4.69) is 15.2 Å². The molecule has 0 radical (unpaired) electrons.